The monoisotopic (exact) mass is 237 g/mol. The van der Waals surface area contributed by atoms with Gasteiger partial charge in [-0.3, -0.25) is 9.69 Å². The Kier molecular flexibility index (Phi) is 3.68. The first-order valence-electron chi connectivity index (χ1n) is 5.78. The molecule has 17 heavy (non-hydrogen) atoms. The van der Waals surface area contributed by atoms with E-state index in [2.05, 4.69) is 10.3 Å². The fourth-order valence-corrected chi connectivity index (χ4v) is 1.84. The van der Waals surface area contributed by atoms with Crippen molar-refractivity contribution in [3.63, 3.8) is 0 Å². The molecule has 4 nitrogen and oxygen atoms in total. The maximum absolute atomic E-state index is 12.8. The highest BCUT2D eigenvalue weighted by Gasteiger charge is 2.23. The first-order chi connectivity index (χ1) is 8.15. The molecule has 1 saturated carbocycles. The minimum absolute atomic E-state index is 0.155. The molecule has 0 unspecified atom stereocenters. The zero-order valence-corrected chi connectivity index (χ0v) is 9.82. The van der Waals surface area contributed by atoms with Gasteiger partial charge in [-0.05, 0) is 32.0 Å². The third-order valence-corrected chi connectivity index (χ3v) is 3.07. The van der Waals surface area contributed by atoms with E-state index < -0.39 is 5.95 Å². The van der Waals surface area contributed by atoms with E-state index in [1.807, 2.05) is 11.9 Å². The van der Waals surface area contributed by atoms with Crippen molar-refractivity contribution in [3.05, 3.63) is 24.1 Å². The lowest BCUT2D eigenvalue weighted by Crippen LogP contribution is -2.41. The number of hydrogen-bond acceptors (Lipinski definition) is 3. The summed E-state index contributed by atoms with van der Waals surface area (Å²) in [6, 6.07) is 4.86. The zero-order valence-electron chi connectivity index (χ0n) is 9.82. The molecule has 1 heterocycles. The number of carbonyl (C=O) groups is 1. The van der Waals surface area contributed by atoms with Crippen LogP contribution >= 0.6 is 0 Å². The van der Waals surface area contributed by atoms with Crippen LogP contribution in [0.3, 0.4) is 0 Å². The Balaban J connectivity index is 1.84. The molecule has 0 aliphatic heterocycles. The van der Waals surface area contributed by atoms with E-state index in [0.29, 0.717) is 12.6 Å². The third kappa shape index (κ3) is 3.23. The average molecular weight is 237 g/mol. The topological polar surface area (TPSA) is 45.2 Å². The molecule has 1 amide bonds. The van der Waals surface area contributed by atoms with E-state index in [0.717, 1.165) is 12.8 Å². The van der Waals surface area contributed by atoms with Crippen molar-refractivity contribution >= 4 is 11.7 Å². The summed E-state index contributed by atoms with van der Waals surface area (Å²) in [5.74, 6) is -0.482. The van der Waals surface area contributed by atoms with Crippen molar-refractivity contribution in [2.75, 3.05) is 18.9 Å². The van der Waals surface area contributed by atoms with Crippen LogP contribution < -0.4 is 5.32 Å². The lowest BCUT2D eigenvalue weighted by atomic mass is 9.92. The van der Waals surface area contributed by atoms with Crippen LogP contribution in [-0.4, -0.2) is 35.4 Å². The molecule has 1 aromatic rings. The summed E-state index contributed by atoms with van der Waals surface area (Å²) in [5, 5.41) is 2.58. The average Bonchev–Trinajstić information content (AvgIpc) is 2.13. The predicted octanol–water partition coefficient (Wildman–Crippen LogP) is 1.64. The van der Waals surface area contributed by atoms with Gasteiger partial charge in [0.05, 0.1) is 6.54 Å². The van der Waals surface area contributed by atoms with E-state index >= 15 is 0 Å². The number of nitrogens with one attached hydrogen (secondary N) is 1. The third-order valence-electron chi connectivity index (χ3n) is 3.07. The Bertz CT molecular complexity index is 406. The molecule has 1 fully saturated rings. The molecule has 0 radical (unpaired) electrons. The van der Waals surface area contributed by atoms with Crippen LogP contribution in [0.1, 0.15) is 19.3 Å². The fraction of sp³-hybridized carbons (Fsp3) is 0.500. The molecule has 5 heteroatoms. The molecule has 2 rings (SSSR count). The summed E-state index contributed by atoms with van der Waals surface area (Å²) >= 11 is 0. The maximum Gasteiger partial charge on any atom is 0.239 e. The Morgan fingerprint density at radius 1 is 1.59 bits per heavy atom. The van der Waals surface area contributed by atoms with Crippen LogP contribution in [0.2, 0.25) is 0 Å². The Hall–Kier alpha value is -1.49. The largest absolute Gasteiger partial charge is 0.309 e. The van der Waals surface area contributed by atoms with Crippen LogP contribution in [0.5, 0.6) is 0 Å². The first-order valence-corrected chi connectivity index (χ1v) is 5.78. The summed E-state index contributed by atoms with van der Waals surface area (Å²) in [6.45, 7) is 0.322. The second-order valence-electron chi connectivity index (χ2n) is 4.39. The van der Waals surface area contributed by atoms with Gasteiger partial charge < -0.3 is 5.32 Å². The Morgan fingerprint density at radius 2 is 2.35 bits per heavy atom. The van der Waals surface area contributed by atoms with Crippen molar-refractivity contribution < 1.29 is 9.18 Å². The van der Waals surface area contributed by atoms with Gasteiger partial charge in [0, 0.05) is 6.04 Å². The number of hydrogen-bond donors (Lipinski definition) is 1. The normalized spacial score (nSPS) is 15.7. The second kappa shape index (κ2) is 5.23. The van der Waals surface area contributed by atoms with E-state index in [1.54, 1.807) is 6.07 Å². The fourth-order valence-electron chi connectivity index (χ4n) is 1.84. The number of amides is 1. The highest BCUT2D eigenvalue weighted by molar-refractivity contribution is 5.91. The van der Waals surface area contributed by atoms with Crippen molar-refractivity contribution in [1.29, 1.82) is 0 Å². The van der Waals surface area contributed by atoms with Crippen molar-refractivity contribution in [3.8, 4) is 0 Å². The predicted molar refractivity (Wildman–Crippen MR) is 63.1 cm³/mol. The number of halogens is 1. The van der Waals surface area contributed by atoms with Crippen LogP contribution in [0, 0.1) is 5.95 Å². The van der Waals surface area contributed by atoms with Gasteiger partial charge in [-0.15, -0.1) is 0 Å². The van der Waals surface area contributed by atoms with Crippen LogP contribution in [-0.2, 0) is 4.79 Å². The number of nitrogens with zero attached hydrogens (tertiary/aromatic N) is 2. The number of aromatic nitrogens is 1. The molecular weight excluding hydrogens is 221 g/mol. The highest BCUT2D eigenvalue weighted by Crippen LogP contribution is 2.23. The zero-order chi connectivity index (χ0) is 12.3. The SMILES string of the molecule is CN(CC(=O)Nc1cccc(F)n1)C1CCC1. The molecule has 0 bridgehead atoms. The Labute approximate surface area is 99.8 Å². The summed E-state index contributed by atoms with van der Waals surface area (Å²) in [7, 11) is 1.93. The van der Waals surface area contributed by atoms with Crippen molar-refractivity contribution in [1.82, 2.24) is 9.88 Å². The lowest BCUT2D eigenvalue weighted by molar-refractivity contribution is -0.117. The smallest absolute Gasteiger partial charge is 0.239 e. The summed E-state index contributed by atoms with van der Waals surface area (Å²) in [5.41, 5.74) is 0. The first kappa shape index (κ1) is 12.0. The summed E-state index contributed by atoms with van der Waals surface area (Å²) in [4.78, 5) is 17.3. The van der Waals surface area contributed by atoms with Gasteiger partial charge in [-0.25, -0.2) is 4.98 Å². The van der Waals surface area contributed by atoms with Crippen molar-refractivity contribution in [2.24, 2.45) is 0 Å². The molecule has 0 spiro atoms. The quantitative estimate of drug-likeness (QED) is 0.810. The summed E-state index contributed by atoms with van der Waals surface area (Å²) < 4.78 is 12.8. The number of pyridine rings is 1. The van der Waals surface area contributed by atoms with Gasteiger partial charge in [-0.2, -0.15) is 4.39 Å². The molecule has 0 aromatic carbocycles. The molecule has 1 aliphatic rings. The Morgan fingerprint density at radius 3 is 2.94 bits per heavy atom. The minimum atomic E-state index is -0.588. The molecule has 92 valence electrons. The highest BCUT2D eigenvalue weighted by atomic mass is 19.1. The van der Waals surface area contributed by atoms with Gasteiger partial charge in [0.25, 0.3) is 0 Å². The van der Waals surface area contributed by atoms with Crippen molar-refractivity contribution in [2.45, 2.75) is 25.3 Å². The van der Waals surface area contributed by atoms with Gasteiger partial charge in [0.15, 0.2) is 0 Å². The minimum Gasteiger partial charge on any atom is -0.309 e. The van der Waals surface area contributed by atoms with E-state index in [4.69, 9.17) is 0 Å². The molecular formula is C12H16FN3O. The van der Waals surface area contributed by atoms with E-state index in [1.165, 1.54) is 18.6 Å². The number of rotatable bonds is 4. The number of likely N-dealkylation sites (N-methyl/N-ethyl adjacent to an activating group) is 1. The van der Waals surface area contributed by atoms with Crippen LogP contribution in [0.25, 0.3) is 0 Å². The van der Waals surface area contributed by atoms with Crippen LogP contribution in [0.15, 0.2) is 18.2 Å². The van der Waals surface area contributed by atoms with E-state index in [-0.39, 0.29) is 11.7 Å². The van der Waals surface area contributed by atoms with Gasteiger partial charge >= 0.3 is 0 Å². The molecule has 0 atom stereocenters. The second-order valence-corrected chi connectivity index (χ2v) is 4.39. The molecule has 1 aliphatic carbocycles. The molecule has 0 saturated heterocycles. The maximum atomic E-state index is 12.8. The summed E-state index contributed by atoms with van der Waals surface area (Å²) in [6.07, 6.45) is 3.55. The lowest BCUT2D eigenvalue weighted by Gasteiger charge is -2.34. The standard InChI is InChI=1S/C12H16FN3O/c1-16(9-4-2-5-9)8-12(17)15-11-7-3-6-10(13)14-11/h3,6-7,9H,2,4-5,8H2,1H3,(H,14,15,17). The number of anilines is 1. The molecule has 1 aromatic heterocycles. The number of carbonyl (C=O) groups excluding carboxylic acids is 1. The van der Waals surface area contributed by atoms with Crippen LogP contribution in [0.4, 0.5) is 10.2 Å². The van der Waals surface area contributed by atoms with Gasteiger partial charge in [-0.1, -0.05) is 12.5 Å². The molecule has 1 N–H and O–H groups in total. The van der Waals surface area contributed by atoms with Gasteiger partial charge in [0.2, 0.25) is 11.9 Å². The van der Waals surface area contributed by atoms with Gasteiger partial charge in [0.1, 0.15) is 5.82 Å². The van der Waals surface area contributed by atoms with E-state index in [9.17, 15) is 9.18 Å².